The van der Waals surface area contributed by atoms with Crippen LogP contribution in [0.25, 0.3) is 0 Å². The Labute approximate surface area is 83.3 Å². The zero-order chi connectivity index (χ0) is 10.1. The molecule has 0 radical (unpaired) electrons. The second-order valence-electron chi connectivity index (χ2n) is 4.23. The number of carbonyl (C=O) groups excluding carboxylic acids is 1. The monoisotopic (exact) mass is 285 g/mol. The first kappa shape index (κ1) is 10.7. The zero-order valence-electron chi connectivity index (χ0n) is 8.59. The van der Waals surface area contributed by atoms with Gasteiger partial charge in [-0.05, 0) is 0 Å². The third-order valence-corrected chi connectivity index (χ3v) is 7.87. The average molecular weight is 284 g/mol. The average Bonchev–Trinajstić information content (AvgIpc) is 2.03. The summed E-state index contributed by atoms with van der Waals surface area (Å²) in [6, 6.07) is 2.01. The summed E-state index contributed by atoms with van der Waals surface area (Å²) in [4.78, 5) is 22.2. The molecule has 13 heavy (non-hydrogen) atoms. The standard InChI is InChI=1S/C7H6NO.3CH3.Sn/c1-6(9)7-3-2-4-8-5-7;;;;/h2,4-5H,1H3;3*1H3;. The summed E-state index contributed by atoms with van der Waals surface area (Å²) in [5, 5.41) is 0. The van der Waals surface area contributed by atoms with Crippen LogP contribution in [0.2, 0.25) is 14.8 Å². The Bertz CT molecular complexity index is 328. The molecule has 0 aromatic carbocycles. The number of nitrogens with zero attached hydrogens (tertiary/aromatic N) is 1. The van der Waals surface area contributed by atoms with Crippen molar-refractivity contribution in [3.8, 4) is 0 Å². The third kappa shape index (κ3) is 2.53. The van der Waals surface area contributed by atoms with Crippen LogP contribution in [0.1, 0.15) is 17.3 Å². The minimum absolute atomic E-state index is 0.134. The van der Waals surface area contributed by atoms with E-state index in [2.05, 4.69) is 19.8 Å². The van der Waals surface area contributed by atoms with Crippen LogP contribution < -0.4 is 3.58 Å². The van der Waals surface area contributed by atoms with E-state index in [4.69, 9.17) is 0 Å². The fourth-order valence-electron chi connectivity index (χ4n) is 1.33. The van der Waals surface area contributed by atoms with Crippen molar-refractivity contribution in [2.45, 2.75) is 21.7 Å². The Morgan fingerprint density at radius 3 is 2.38 bits per heavy atom. The van der Waals surface area contributed by atoms with E-state index in [0.29, 0.717) is 0 Å². The van der Waals surface area contributed by atoms with E-state index in [-0.39, 0.29) is 5.78 Å². The quantitative estimate of drug-likeness (QED) is 0.612. The van der Waals surface area contributed by atoms with Gasteiger partial charge in [-0.1, -0.05) is 0 Å². The van der Waals surface area contributed by atoms with E-state index < -0.39 is 18.4 Å². The normalized spacial score (nSPS) is 11.4. The van der Waals surface area contributed by atoms with Crippen LogP contribution >= 0.6 is 0 Å². The molecule has 1 heterocycles. The number of pyridine rings is 1. The Hall–Kier alpha value is -0.381. The molecule has 3 heteroatoms. The van der Waals surface area contributed by atoms with Crippen LogP contribution in [0.5, 0.6) is 0 Å². The van der Waals surface area contributed by atoms with E-state index >= 15 is 0 Å². The van der Waals surface area contributed by atoms with Crippen molar-refractivity contribution in [2.75, 3.05) is 0 Å². The number of aromatic nitrogens is 1. The summed E-state index contributed by atoms with van der Waals surface area (Å²) in [6.07, 6.45) is 3.48. The second-order valence-corrected chi connectivity index (χ2v) is 18.6. The molecule has 0 N–H and O–H groups in total. The molecule has 0 aliphatic rings. The first-order valence-corrected chi connectivity index (χ1v) is 14.4. The molecule has 0 atom stereocenters. The van der Waals surface area contributed by atoms with Crippen molar-refractivity contribution in [2.24, 2.45) is 0 Å². The van der Waals surface area contributed by atoms with Crippen molar-refractivity contribution in [1.29, 1.82) is 0 Å². The topological polar surface area (TPSA) is 30.0 Å². The van der Waals surface area contributed by atoms with Gasteiger partial charge in [0, 0.05) is 0 Å². The molecule has 2 nitrogen and oxygen atoms in total. The third-order valence-electron chi connectivity index (χ3n) is 2.01. The number of rotatable bonds is 2. The molecule has 1 aromatic rings. The van der Waals surface area contributed by atoms with Gasteiger partial charge in [-0.3, -0.25) is 0 Å². The van der Waals surface area contributed by atoms with Gasteiger partial charge < -0.3 is 0 Å². The Morgan fingerprint density at radius 2 is 2.00 bits per heavy atom. The van der Waals surface area contributed by atoms with Gasteiger partial charge >= 0.3 is 83.3 Å². The first-order chi connectivity index (χ1) is 5.93. The molecule has 0 saturated heterocycles. The summed E-state index contributed by atoms with van der Waals surface area (Å²) in [7, 11) is 0. The van der Waals surface area contributed by atoms with Crippen molar-refractivity contribution < 1.29 is 4.79 Å². The van der Waals surface area contributed by atoms with E-state index in [1.165, 1.54) is 3.58 Å². The molecule has 0 aliphatic heterocycles. The zero-order valence-corrected chi connectivity index (χ0v) is 11.4. The van der Waals surface area contributed by atoms with Gasteiger partial charge in [0.25, 0.3) is 0 Å². The molecule has 0 aliphatic carbocycles. The van der Waals surface area contributed by atoms with Crippen LogP contribution in [0.15, 0.2) is 18.5 Å². The van der Waals surface area contributed by atoms with Crippen LogP contribution in [0.3, 0.4) is 0 Å². The maximum atomic E-state index is 11.3. The molecular formula is C10H15NOSn. The van der Waals surface area contributed by atoms with Gasteiger partial charge in [0.15, 0.2) is 0 Å². The fraction of sp³-hybridized carbons (Fsp3) is 0.400. The van der Waals surface area contributed by atoms with Crippen LogP contribution in [0, 0.1) is 0 Å². The number of hydrogen-bond donors (Lipinski definition) is 0. The predicted molar refractivity (Wildman–Crippen MR) is 57.2 cm³/mol. The van der Waals surface area contributed by atoms with Gasteiger partial charge in [-0.25, -0.2) is 0 Å². The summed E-state index contributed by atoms with van der Waals surface area (Å²) in [5.41, 5.74) is 0.825. The molecule has 1 aromatic heterocycles. The summed E-state index contributed by atoms with van der Waals surface area (Å²) in [5.74, 6) is 0.134. The second kappa shape index (κ2) is 3.78. The van der Waals surface area contributed by atoms with Crippen molar-refractivity contribution >= 4 is 27.7 Å². The Balaban J connectivity index is 3.28. The van der Waals surface area contributed by atoms with Gasteiger partial charge in [0.1, 0.15) is 0 Å². The number of hydrogen-bond acceptors (Lipinski definition) is 2. The molecule has 0 fully saturated rings. The van der Waals surface area contributed by atoms with E-state index in [0.717, 1.165) is 5.56 Å². The van der Waals surface area contributed by atoms with Crippen LogP contribution in [0.4, 0.5) is 0 Å². The molecule has 0 unspecified atom stereocenters. The van der Waals surface area contributed by atoms with Gasteiger partial charge in [0.05, 0.1) is 0 Å². The van der Waals surface area contributed by atoms with Gasteiger partial charge in [-0.15, -0.1) is 0 Å². The van der Waals surface area contributed by atoms with Crippen molar-refractivity contribution in [1.82, 2.24) is 4.98 Å². The number of carbonyl (C=O) groups is 1. The Kier molecular flexibility index (Phi) is 3.11. The molecule has 0 bridgehead atoms. The predicted octanol–water partition coefficient (Wildman–Crippen LogP) is 1.83. The van der Waals surface area contributed by atoms with E-state index in [1.54, 1.807) is 19.3 Å². The summed E-state index contributed by atoms with van der Waals surface area (Å²) < 4.78 is 1.27. The van der Waals surface area contributed by atoms with Crippen LogP contribution in [-0.4, -0.2) is 29.1 Å². The fourth-order valence-corrected chi connectivity index (χ4v) is 5.96. The van der Waals surface area contributed by atoms with Gasteiger partial charge in [-0.2, -0.15) is 0 Å². The molecule has 0 saturated carbocycles. The summed E-state index contributed by atoms with van der Waals surface area (Å²) >= 11 is -2.12. The van der Waals surface area contributed by atoms with Gasteiger partial charge in [0.2, 0.25) is 0 Å². The minimum atomic E-state index is -2.12. The van der Waals surface area contributed by atoms with Crippen LogP contribution in [-0.2, 0) is 0 Å². The first-order valence-electron chi connectivity index (χ1n) is 4.38. The molecule has 70 valence electrons. The number of ketones is 1. The van der Waals surface area contributed by atoms with Crippen molar-refractivity contribution in [3.05, 3.63) is 24.0 Å². The van der Waals surface area contributed by atoms with E-state index in [9.17, 15) is 4.79 Å². The maximum absolute atomic E-state index is 11.3. The molecule has 0 spiro atoms. The Morgan fingerprint density at radius 1 is 1.38 bits per heavy atom. The molecular weight excluding hydrogens is 269 g/mol. The molecule has 1 rings (SSSR count). The van der Waals surface area contributed by atoms with Crippen molar-refractivity contribution in [3.63, 3.8) is 0 Å². The summed E-state index contributed by atoms with van der Waals surface area (Å²) in [6.45, 7) is 1.61. The number of Topliss-reactive ketones (excluding diaryl/α,β-unsaturated/α-hetero) is 1. The molecule has 0 amide bonds. The van der Waals surface area contributed by atoms with E-state index in [1.807, 2.05) is 6.07 Å². The SMILES string of the molecule is CC(=O)c1cncc[c]1[Sn]([CH3])([CH3])[CH3].